The minimum absolute atomic E-state index is 0.145. The fraction of sp³-hybridized carbons (Fsp3) is 0.769. The molecule has 0 aliphatic heterocycles. The SMILES string of the molecule is CN[C@@H](CCCCNC(=O)CC[C@H](NC)C(=O)O)C(=O)O. The molecule has 122 valence electrons. The van der Waals surface area contributed by atoms with E-state index in [1.807, 2.05) is 0 Å². The van der Waals surface area contributed by atoms with Crippen molar-refractivity contribution in [2.75, 3.05) is 20.6 Å². The van der Waals surface area contributed by atoms with Crippen LogP contribution in [0.2, 0.25) is 0 Å². The summed E-state index contributed by atoms with van der Waals surface area (Å²) in [7, 11) is 3.14. The average Bonchev–Trinajstić information content (AvgIpc) is 2.42. The molecule has 0 heterocycles. The summed E-state index contributed by atoms with van der Waals surface area (Å²) >= 11 is 0. The molecule has 8 heteroatoms. The van der Waals surface area contributed by atoms with Crippen molar-refractivity contribution in [3.63, 3.8) is 0 Å². The van der Waals surface area contributed by atoms with Gasteiger partial charge in [-0.05, 0) is 39.8 Å². The van der Waals surface area contributed by atoms with Crippen molar-refractivity contribution in [2.45, 2.75) is 44.2 Å². The maximum Gasteiger partial charge on any atom is 0.320 e. The second-order valence-electron chi connectivity index (χ2n) is 4.74. The predicted molar refractivity (Wildman–Crippen MR) is 77.1 cm³/mol. The number of carbonyl (C=O) groups is 3. The second-order valence-corrected chi connectivity index (χ2v) is 4.74. The molecule has 8 nitrogen and oxygen atoms in total. The molecule has 0 aromatic rings. The van der Waals surface area contributed by atoms with Crippen molar-refractivity contribution < 1.29 is 24.6 Å². The summed E-state index contributed by atoms with van der Waals surface area (Å²) in [4.78, 5) is 33.0. The van der Waals surface area contributed by atoms with Crippen LogP contribution in [-0.2, 0) is 14.4 Å². The number of rotatable bonds is 12. The third-order valence-corrected chi connectivity index (χ3v) is 3.19. The number of carbonyl (C=O) groups excluding carboxylic acids is 1. The van der Waals surface area contributed by atoms with Gasteiger partial charge in [-0.25, -0.2) is 0 Å². The number of aliphatic carboxylic acids is 2. The first kappa shape index (κ1) is 19.3. The van der Waals surface area contributed by atoms with Gasteiger partial charge < -0.3 is 26.2 Å². The lowest BCUT2D eigenvalue weighted by molar-refractivity contribution is -0.140. The average molecular weight is 303 g/mol. The van der Waals surface area contributed by atoms with E-state index in [-0.39, 0.29) is 18.7 Å². The van der Waals surface area contributed by atoms with Crippen molar-refractivity contribution >= 4 is 17.8 Å². The molecule has 0 aliphatic carbocycles. The van der Waals surface area contributed by atoms with Gasteiger partial charge in [0.05, 0.1) is 0 Å². The van der Waals surface area contributed by atoms with E-state index in [4.69, 9.17) is 10.2 Å². The molecule has 0 saturated carbocycles. The monoisotopic (exact) mass is 303 g/mol. The second kappa shape index (κ2) is 11.0. The van der Waals surface area contributed by atoms with E-state index in [2.05, 4.69) is 16.0 Å². The Hall–Kier alpha value is -1.67. The Morgan fingerprint density at radius 1 is 0.905 bits per heavy atom. The number of hydrogen-bond donors (Lipinski definition) is 5. The van der Waals surface area contributed by atoms with Gasteiger partial charge in [-0.1, -0.05) is 0 Å². The minimum atomic E-state index is -0.975. The van der Waals surface area contributed by atoms with Crippen LogP contribution < -0.4 is 16.0 Å². The maximum absolute atomic E-state index is 11.5. The summed E-state index contributed by atoms with van der Waals surface area (Å²) in [6.07, 6.45) is 2.26. The molecule has 0 aromatic heterocycles. The molecule has 5 N–H and O–H groups in total. The van der Waals surface area contributed by atoms with Gasteiger partial charge in [0.15, 0.2) is 0 Å². The molecular weight excluding hydrogens is 278 g/mol. The molecule has 0 fully saturated rings. The molecule has 1 amide bonds. The number of hydrogen-bond acceptors (Lipinski definition) is 5. The quantitative estimate of drug-likeness (QED) is 0.304. The standard InChI is InChI=1S/C13H25N3O5/c1-14-9(12(18)19)5-3-4-8-16-11(17)7-6-10(15-2)13(20)21/h9-10,14-15H,3-8H2,1-2H3,(H,16,17)(H,18,19)(H,20,21)/t9-,10-/m0/s1. The molecule has 0 rings (SSSR count). The Balaban J connectivity index is 3.71. The van der Waals surface area contributed by atoms with Crippen molar-refractivity contribution in [1.82, 2.24) is 16.0 Å². The van der Waals surface area contributed by atoms with Crippen LogP contribution in [0.5, 0.6) is 0 Å². The first-order chi connectivity index (χ1) is 9.92. The molecular formula is C13H25N3O5. The smallest absolute Gasteiger partial charge is 0.320 e. The summed E-state index contributed by atoms with van der Waals surface area (Å²) in [5.74, 6) is -2.05. The van der Waals surface area contributed by atoms with E-state index in [0.717, 1.165) is 0 Å². The zero-order chi connectivity index (χ0) is 16.3. The van der Waals surface area contributed by atoms with Gasteiger partial charge in [-0.3, -0.25) is 14.4 Å². The first-order valence-electron chi connectivity index (χ1n) is 6.99. The van der Waals surface area contributed by atoms with E-state index in [0.29, 0.717) is 25.8 Å². The summed E-state index contributed by atoms with van der Waals surface area (Å²) in [6.45, 7) is 0.464. The van der Waals surface area contributed by atoms with Crippen LogP contribution in [0.4, 0.5) is 0 Å². The van der Waals surface area contributed by atoms with Gasteiger partial charge in [0.2, 0.25) is 5.91 Å². The van der Waals surface area contributed by atoms with Crippen LogP contribution in [0.1, 0.15) is 32.1 Å². The highest BCUT2D eigenvalue weighted by molar-refractivity contribution is 5.78. The molecule has 0 spiro atoms. The Morgan fingerprint density at radius 3 is 1.90 bits per heavy atom. The van der Waals surface area contributed by atoms with Crippen molar-refractivity contribution in [1.29, 1.82) is 0 Å². The molecule has 2 atom stereocenters. The number of carboxylic acids is 2. The molecule has 21 heavy (non-hydrogen) atoms. The van der Waals surface area contributed by atoms with Gasteiger partial charge in [-0.2, -0.15) is 0 Å². The van der Waals surface area contributed by atoms with Gasteiger partial charge in [0.1, 0.15) is 12.1 Å². The highest BCUT2D eigenvalue weighted by atomic mass is 16.4. The Bertz CT molecular complexity index is 349. The fourth-order valence-electron chi connectivity index (χ4n) is 1.85. The molecule has 0 bridgehead atoms. The predicted octanol–water partition coefficient (Wildman–Crippen LogP) is -0.602. The third kappa shape index (κ3) is 8.98. The maximum atomic E-state index is 11.5. The molecule has 0 aliphatic rings. The van der Waals surface area contributed by atoms with Crippen molar-refractivity contribution in [3.8, 4) is 0 Å². The van der Waals surface area contributed by atoms with Crippen LogP contribution in [0.3, 0.4) is 0 Å². The van der Waals surface area contributed by atoms with E-state index >= 15 is 0 Å². The summed E-state index contributed by atoms with van der Waals surface area (Å²) in [5.41, 5.74) is 0. The Morgan fingerprint density at radius 2 is 1.43 bits per heavy atom. The molecule has 0 radical (unpaired) electrons. The zero-order valence-electron chi connectivity index (χ0n) is 12.5. The largest absolute Gasteiger partial charge is 0.480 e. The van der Waals surface area contributed by atoms with Gasteiger partial charge in [0, 0.05) is 13.0 Å². The first-order valence-corrected chi connectivity index (χ1v) is 6.99. The van der Waals surface area contributed by atoms with E-state index in [9.17, 15) is 14.4 Å². The van der Waals surface area contributed by atoms with Crippen molar-refractivity contribution in [3.05, 3.63) is 0 Å². The number of carboxylic acid groups (broad SMARTS) is 2. The third-order valence-electron chi connectivity index (χ3n) is 3.19. The van der Waals surface area contributed by atoms with E-state index in [1.54, 1.807) is 7.05 Å². The Kier molecular flexibility index (Phi) is 10.2. The Labute approximate surface area is 124 Å². The summed E-state index contributed by atoms with van der Waals surface area (Å²) < 4.78 is 0. The lowest BCUT2D eigenvalue weighted by Gasteiger charge is -2.12. The highest BCUT2D eigenvalue weighted by Crippen LogP contribution is 2.01. The molecule has 0 aromatic carbocycles. The normalized spacial score (nSPS) is 13.4. The highest BCUT2D eigenvalue weighted by Gasteiger charge is 2.16. The van der Waals surface area contributed by atoms with Crippen molar-refractivity contribution in [2.24, 2.45) is 0 Å². The molecule has 0 unspecified atom stereocenters. The zero-order valence-corrected chi connectivity index (χ0v) is 12.5. The fourth-order valence-corrected chi connectivity index (χ4v) is 1.85. The van der Waals surface area contributed by atoms with Gasteiger partial charge >= 0.3 is 11.9 Å². The minimum Gasteiger partial charge on any atom is -0.480 e. The number of nitrogens with one attached hydrogen (secondary N) is 3. The van der Waals surface area contributed by atoms with Crippen LogP contribution in [0, 0.1) is 0 Å². The number of likely N-dealkylation sites (N-methyl/N-ethyl adjacent to an activating group) is 2. The summed E-state index contributed by atoms with van der Waals surface area (Å²) in [5, 5.41) is 25.6. The van der Waals surface area contributed by atoms with Crippen LogP contribution in [0.15, 0.2) is 0 Å². The lowest BCUT2D eigenvalue weighted by Crippen LogP contribution is -2.35. The van der Waals surface area contributed by atoms with Gasteiger partial charge in [-0.15, -0.1) is 0 Å². The number of amides is 1. The van der Waals surface area contributed by atoms with Crippen LogP contribution >= 0.6 is 0 Å². The molecule has 0 saturated heterocycles. The van der Waals surface area contributed by atoms with Crippen LogP contribution in [-0.4, -0.2) is 60.8 Å². The van der Waals surface area contributed by atoms with Gasteiger partial charge in [0.25, 0.3) is 0 Å². The summed E-state index contributed by atoms with van der Waals surface area (Å²) in [6, 6.07) is -1.28. The lowest BCUT2D eigenvalue weighted by atomic mass is 10.1. The van der Waals surface area contributed by atoms with E-state index < -0.39 is 24.0 Å². The van der Waals surface area contributed by atoms with E-state index in [1.165, 1.54) is 7.05 Å². The van der Waals surface area contributed by atoms with Crippen LogP contribution in [0.25, 0.3) is 0 Å². The number of unbranched alkanes of at least 4 members (excludes halogenated alkanes) is 1. The topological polar surface area (TPSA) is 128 Å².